The molecule has 2 aromatic carbocycles. The Morgan fingerprint density at radius 1 is 1.25 bits per heavy atom. The third-order valence-corrected chi connectivity index (χ3v) is 4.62. The number of carbonyl (C=O) groups excluding carboxylic acids is 1. The Kier molecular flexibility index (Phi) is 3.66. The zero-order valence-electron chi connectivity index (χ0n) is 11.6. The topological polar surface area (TPSA) is 20.3 Å². The number of hydrogen-bond donors (Lipinski definition) is 0. The van der Waals surface area contributed by atoms with E-state index in [-0.39, 0.29) is 11.9 Å². The number of rotatable bonds is 3. The van der Waals surface area contributed by atoms with Crippen LogP contribution in [0.5, 0.6) is 0 Å². The van der Waals surface area contributed by atoms with E-state index in [0.29, 0.717) is 18.2 Å². The molecular weight excluding hydrogens is 270 g/mol. The molecule has 1 amide bonds. The molecule has 2 atom stereocenters. The standard InChI is InChI=1S/C17H18ClNO/c1-12(19-11-13(10-18)8-17(19)20)15-7-6-14-4-2-3-5-16(14)9-15/h2-7,9,12-13H,8,10-11H2,1H3. The van der Waals surface area contributed by atoms with Gasteiger partial charge in [-0.1, -0.05) is 36.4 Å². The van der Waals surface area contributed by atoms with Gasteiger partial charge in [0.2, 0.25) is 5.91 Å². The fourth-order valence-electron chi connectivity index (χ4n) is 2.93. The minimum atomic E-state index is 0.111. The first-order chi connectivity index (χ1) is 9.69. The third-order valence-electron chi connectivity index (χ3n) is 4.18. The van der Waals surface area contributed by atoms with Crippen LogP contribution in [0.1, 0.15) is 24.9 Å². The molecule has 0 bridgehead atoms. The number of fused-ring (bicyclic) bond motifs is 1. The van der Waals surface area contributed by atoms with Gasteiger partial charge in [-0.15, -0.1) is 11.6 Å². The predicted molar refractivity (Wildman–Crippen MR) is 82.9 cm³/mol. The van der Waals surface area contributed by atoms with Crippen LogP contribution >= 0.6 is 11.6 Å². The molecule has 0 aromatic heterocycles. The smallest absolute Gasteiger partial charge is 0.223 e. The highest BCUT2D eigenvalue weighted by Gasteiger charge is 2.32. The Balaban J connectivity index is 1.88. The SMILES string of the molecule is CC(c1ccc2ccccc2c1)N1CC(CCl)CC1=O. The Hall–Kier alpha value is -1.54. The number of nitrogens with zero attached hydrogens (tertiary/aromatic N) is 1. The monoisotopic (exact) mass is 287 g/mol. The van der Waals surface area contributed by atoms with Gasteiger partial charge in [0.15, 0.2) is 0 Å². The summed E-state index contributed by atoms with van der Waals surface area (Å²) in [5.74, 6) is 1.08. The number of hydrogen-bond acceptors (Lipinski definition) is 1. The molecule has 2 aromatic rings. The van der Waals surface area contributed by atoms with Gasteiger partial charge in [-0.2, -0.15) is 0 Å². The molecular formula is C17H18ClNO. The molecule has 0 N–H and O–H groups in total. The van der Waals surface area contributed by atoms with E-state index in [1.807, 2.05) is 17.0 Å². The van der Waals surface area contributed by atoms with Crippen molar-refractivity contribution in [2.45, 2.75) is 19.4 Å². The van der Waals surface area contributed by atoms with E-state index in [9.17, 15) is 4.79 Å². The quantitative estimate of drug-likeness (QED) is 0.782. The minimum Gasteiger partial charge on any atom is -0.336 e. The number of amides is 1. The molecule has 104 valence electrons. The largest absolute Gasteiger partial charge is 0.336 e. The van der Waals surface area contributed by atoms with Gasteiger partial charge in [0.1, 0.15) is 0 Å². The van der Waals surface area contributed by atoms with Crippen molar-refractivity contribution in [3.8, 4) is 0 Å². The molecule has 2 nitrogen and oxygen atoms in total. The molecule has 0 saturated carbocycles. The molecule has 1 aliphatic heterocycles. The summed E-state index contributed by atoms with van der Waals surface area (Å²) in [5, 5.41) is 2.45. The molecule has 1 fully saturated rings. The first-order valence-electron chi connectivity index (χ1n) is 7.03. The number of alkyl halides is 1. The summed E-state index contributed by atoms with van der Waals surface area (Å²) in [5.41, 5.74) is 1.19. The summed E-state index contributed by atoms with van der Waals surface area (Å²) in [7, 11) is 0. The second-order valence-electron chi connectivity index (χ2n) is 5.55. The minimum absolute atomic E-state index is 0.111. The molecule has 1 aliphatic rings. The maximum atomic E-state index is 12.1. The zero-order chi connectivity index (χ0) is 14.1. The van der Waals surface area contributed by atoms with E-state index in [1.54, 1.807) is 0 Å². The second kappa shape index (κ2) is 5.45. The van der Waals surface area contributed by atoms with Crippen molar-refractivity contribution < 1.29 is 4.79 Å². The van der Waals surface area contributed by atoms with Gasteiger partial charge >= 0.3 is 0 Å². The van der Waals surface area contributed by atoms with Crippen LogP contribution in [0.3, 0.4) is 0 Å². The number of benzene rings is 2. The van der Waals surface area contributed by atoms with E-state index in [4.69, 9.17) is 11.6 Å². The van der Waals surface area contributed by atoms with Gasteiger partial charge in [-0.05, 0) is 35.2 Å². The first kappa shape index (κ1) is 13.4. The van der Waals surface area contributed by atoms with Crippen molar-refractivity contribution in [2.24, 2.45) is 5.92 Å². The van der Waals surface area contributed by atoms with Gasteiger partial charge < -0.3 is 4.90 Å². The van der Waals surface area contributed by atoms with Crippen molar-refractivity contribution >= 4 is 28.3 Å². The summed E-state index contributed by atoms with van der Waals surface area (Å²) < 4.78 is 0. The average molecular weight is 288 g/mol. The van der Waals surface area contributed by atoms with Crippen molar-refractivity contribution in [3.05, 3.63) is 48.0 Å². The van der Waals surface area contributed by atoms with Gasteiger partial charge in [-0.25, -0.2) is 0 Å². The Morgan fingerprint density at radius 3 is 2.70 bits per heavy atom. The lowest BCUT2D eigenvalue weighted by Gasteiger charge is -2.25. The molecule has 2 unspecified atom stereocenters. The lowest BCUT2D eigenvalue weighted by molar-refractivity contribution is -0.129. The second-order valence-corrected chi connectivity index (χ2v) is 5.86. The van der Waals surface area contributed by atoms with E-state index in [0.717, 1.165) is 6.54 Å². The van der Waals surface area contributed by atoms with Gasteiger partial charge in [-0.3, -0.25) is 4.79 Å². The molecule has 1 saturated heterocycles. The van der Waals surface area contributed by atoms with Gasteiger partial charge in [0.05, 0.1) is 6.04 Å². The van der Waals surface area contributed by atoms with Crippen molar-refractivity contribution in [1.82, 2.24) is 4.90 Å². The van der Waals surface area contributed by atoms with Gasteiger partial charge in [0, 0.05) is 18.8 Å². The molecule has 3 heteroatoms. The predicted octanol–water partition coefficient (Wildman–Crippen LogP) is 3.99. The maximum absolute atomic E-state index is 12.1. The van der Waals surface area contributed by atoms with Gasteiger partial charge in [0.25, 0.3) is 0 Å². The Labute approximate surface area is 124 Å². The first-order valence-corrected chi connectivity index (χ1v) is 7.56. The zero-order valence-corrected chi connectivity index (χ0v) is 12.3. The van der Waals surface area contributed by atoms with Crippen LogP contribution in [0, 0.1) is 5.92 Å². The molecule has 0 aliphatic carbocycles. The third kappa shape index (κ3) is 2.40. The molecule has 3 rings (SSSR count). The van der Waals surface area contributed by atoms with Crippen molar-refractivity contribution in [1.29, 1.82) is 0 Å². The summed E-state index contributed by atoms with van der Waals surface area (Å²) >= 11 is 5.89. The molecule has 1 heterocycles. The lowest BCUT2D eigenvalue weighted by Crippen LogP contribution is -2.28. The van der Waals surface area contributed by atoms with Crippen LogP contribution in [-0.2, 0) is 4.79 Å². The molecule has 20 heavy (non-hydrogen) atoms. The van der Waals surface area contributed by atoms with Crippen molar-refractivity contribution in [2.75, 3.05) is 12.4 Å². The maximum Gasteiger partial charge on any atom is 0.223 e. The van der Waals surface area contributed by atoms with E-state index < -0.39 is 0 Å². The van der Waals surface area contributed by atoms with Crippen LogP contribution < -0.4 is 0 Å². The summed E-state index contributed by atoms with van der Waals surface area (Å²) in [6.45, 7) is 2.87. The van der Waals surface area contributed by atoms with Crippen LogP contribution in [0.2, 0.25) is 0 Å². The Morgan fingerprint density at radius 2 is 2.00 bits per heavy atom. The summed E-state index contributed by atoms with van der Waals surface area (Å²) in [6.07, 6.45) is 0.585. The van der Waals surface area contributed by atoms with Crippen molar-refractivity contribution in [3.63, 3.8) is 0 Å². The number of likely N-dealkylation sites (tertiary alicyclic amines) is 1. The lowest BCUT2D eigenvalue weighted by atomic mass is 10.0. The average Bonchev–Trinajstić information content (AvgIpc) is 2.87. The number of halogens is 1. The van der Waals surface area contributed by atoms with Crippen LogP contribution in [-0.4, -0.2) is 23.2 Å². The highest BCUT2D eigenvalue weighted by Crippen LogP contribution is 2.30. The summed E-state index contributed by atoms with van der Waals surface area (Å²) in [4.78, 5) is 14.0. The number of carbonyl (C=O) groups is 1. The normalized spacial score (nSPS) is 20.6. The van der Waals surface area contributed by atoms with Crippen LogP contribution in [0.15, 0.2) is 42.5 Å². The summed E-state index contributed by atoms with van der Waals surface area (Å²) in [6, 6.07) is 14.8. The van der Waals surface area contributed by atoms with E-state index in [2.05, 4.69) is 37.3 Å². The van der Waals surface area contributed by atoms with E-state index in [1.165, 1.54) is 16.3 Å². The van der Waals surface area contributed by atoms with E-state index >= 15 is 0 Å². The fraction of sp³-hybridized carbons (Fsp3) is 0.353. The fourth-order valence-corrected chi connectivity index (χ4v) is 3.14. The Bertz CT molecular complexity index is 640. The highest BCUT2D eigenvalue weighted by molar-refractivity contribution is 6.18. The highest BCUT2D eigenvalue weighted by atomic mass is 35.5. The molecule has 0 spiro atoms. The van der Waals surface area contributed by atoms with Crippen LogP contribution in [0.25, 0.3) is 10.8 Å². The molecule has 0 radical (unpaired) electrons. The van der Waals surface area contributed by atoms with Crippen LogP contribution in [0.4, 0.5) is 0 Å².